The molecule has 4 N–H and O–H groups in total. The lowest BCUT2D eigenvalue weighted by atomic mass is 10.0. The van der Waals surface area contributed by atoms with Gasteiger partial charge in [0.1, 0.15) is 6.04 Å². The summed E-state index contributed by atoms with van der Waals surface area (Å²) in [6.45, 7) is 2.14. The van der Waals surface area contributed by atoms with E-state index in [0.717, 1.165) is 11.1 Å². The van der Waals surface area contributed by atoms with Crippen molar-refractivity contribution in [1.82, 2.24) is 15.5 Å². The number of nitrogens with one attached hydrogen (secondary N) is 2. The average molecular weight is 342 g/mol. The van der Waals surface area contributed by atoms with Gasteiger partial charge in [-0.05, 0) is 17.5 Å². The number of nitrogens with two attached hydrogens (primary N) is 1. The van der Waals surface area contributed by atoms with Gasteiger partial charge in [0.05, 0.1) is 0 Å². The van der Waals surface area contributed by atoms with E-state index in [1.54, 1.807) is 4.90 Å². The van der Waals surface area contributed by atoms with Crippen LogP contribution < -0.4 is 16.4 Å². The van der Waals surface area contributed by atoms with Crippen LogP contribution in [0.5, 0.6) is 0 Å². The second kappa shape index (κ2) is 7.58. The summed E-state index contributed by atoms with van der Waals surface area (Å²) in [6, 6.07) is 5.18. The minimum atomic E-state index is -0.578. The number of fused-ring (bicyclic) bond motifs is 1. The Hall–Kier alpha value is -2.51. The number of carbonyl (C=O) groups is 3. The molecule has 1 saturated heterocycles. The molecule has 1 fully saturated rings. The van der Waals surface area contributed by atoms with E-state index >= 15 is 0 Å². The third kappa shape index (κ3) is 3.62. The van der Waals surface area contributed by atoms with Crippen molar-refractivity contribution in [3.8, 4) is 0 Å². The van der Waals surface area contributed by atoms with E-state index in [0.29, 0.717) is 38.2 Å². The predicted molar refractivity (Wildman–Crippen MR) is 92.4 cm³/mol. The number of piperidine rings is 1. The highest BCUT2D eigenvalue weighted by molar-refractivity contribution is 6.05. The smallest absolute Gasteiger partial charge is 0.255 e. The Labute approximate surface area is 146 Å². The van der Waals surface area contributed by atoms with Gasteiger partial charge >= 0.3 is 0 Å². The first-order valence-electron chi connectivity index (χ1n) is 8.43. The molecule has 3 amide bonds. The van der Waals surface area contributed by atoms with Crippen LogP contribution >= 0.6 is 0 Å². The summed E-state index contributed by atoms with van der Waals surface area (Å²) in [7, 11) is 0. The molecule has 0 bridgehead atoms. The maximum absolute atomic E-state index is 12.9. The van der Waals surface area contributed by atoms with Crippen molar-refractivity contribution in [2.75, 3.05) is 13.1 Å². The van der Waals surface area contributed by atoms with Gasteiger partial charge in [0.15, 0.2) is 0 Å². The predicted octanol–water partition coefficient (Wildman–Crippen LogP) is 0.0521. The summed E-state index contributed by atoms with van der Waals surface area (Å²) < 4.78 is 0. The van der Waals surface area contributed by atoms with Crippen LogP contribution in [0.4, 0.5) is 0 Å². The number of amides is 3. The van der Waals surface area contributed by atoms with Crippen LogP contribution in [0.3, 0.4) is 0 Å². The summed E-state index contributed by atoms with van der Waals surface area (Å²) in [4.78, 5) is 37.9. The van der Waals surface area contributed by atoms with Crippen molar-refractivity contribution in [2.45, 2.75) is 32.0 Å². The zero-order valence-electron chi connectivity index (χ0n) is 14.0. The molecular weight excluding hydrogens is 320 g/mol. The quantitative estimate of drug-likeness (QED) is 0.385. The molecular formula is C18H22N4O3. The molecule has 0 aliphatic carbocycles. The number of rotatable bonds is 6. The van der Waals surface area contributed by atoms with Crippen LogP contribution in [0.15, 0.2) is 30.4 Å². The fraction of sp³-hybridized carbons (Fsp3) is 0.389. The first-order valence-corrected chi connectivity index (χ1v) is 8.43. The van der Waals surface area contributed by atoms with Gasteiger partial charge < -0.3 is 16.0 Å². The summed E-state index contributed by atoms with van der Waals surface area (Å²) >= 11 is 0. The van der Waals surface area contributed by atoms with Crippen LogP contribution in [0.2, 0.25) is 0 Å². The second-order valence-electron chi connectivity index (χ2n) is 6.19. The Kier molecular flexibility index (Phi) is 5.25. The van der Waals surface area contributed by atoms with Crippen LogP contribution in [0.1, 0.15) is 34.3 Å². The molecule has 1 atom stereocenters. The summed E-state index contributed by atoms with van der Waals surface area (Å²) in [5.74, 6) is -0.802. The van der Waals surface area contributed by atoms with E-state index in [1.807, 2.05) is 30.4 Å². The van der Waals surface area contributed by atoms with Crippen molar-refractivity contribution in [2.24, 2.45) is 5.73 Å². The van der Waals surface area contributed by atoms with Crippen molar-refractivity contribution in [1.29, 1.82) is 0 Å². The number of imide groups is 1. The van der Waals surface area contributed by atoms with Crippen LogP contribution in [0, 0.1) is 0 Å². The summed E-state index contributed by atoms with van der Waals surface area (Å²) in [5, 5.41) is 5.58. The fourth-order valence-electron chi connectivity index (χ4n) is 3.31. The molecule has 2 heterocycles. The summed E-state index contributed by atoms with van der Waals surface area (Å²) in [6.07, 6.45) is 4.46. The molecule has 0 saturated carbocycles. The molecule has 7 heteroatoms. The largest absolute Gasteiger partial charge is 0.327 e. The SMILES string of the molecule is NC/C=C/CNCc1cccc2c1C(=O)N(C1CCC(=O)NC1=O)C2. The second-order valence-corrected chi connectivity index (χ2v) is 6.19. The first kappa shape index (κ1) is 17.3. The molecule has 0 aromatic heterocycles. The zero-order valence-corrected chi connectivity index (χ0v) is 14.0. The first-order chi connectivity index (χ1) is 12.1. The molecule has 3 rings (SSSR count). The van der Waals surface area contributed by atoms with E-state index in [9.17, 15) is 14.4 Å². The van der Waals surface area contributed by atoms with Gasteiger partial charge in [0.2, 0.25) is 11.8 Å². The Morgan fingerprint density at radius 3 is 2.88 bits per heavy atom. The number of benzene rings is 1. The highest BCUT2D eigenvalue weighted by Gasteiger charge is 2.39. The fourth-order valence-corrected chi connectivity index (χ4v) is 3.31. The lowest BCUT2D eigenvalue weighted by molar-refractivity contribution is -0.136. The standard InChI is InChI=1S/C18H22N4O3/c19-8-1-2-9-20-10-12-4-3-5-13-11-22(18(25)16(12)13)14-6-7-15(23)21-17(14)24/h1-5,14,20H,6-11,19H2,(H,21,23,24)/b2-1+. The highest BCUT2D eigenvalue weighted by atomic mass is 16.2. The molecule has 132 valence electrons. The Morgan fingerprint density at radius 1 is 1.28 bits per heavy atom. The molecule has 2 aliphatic heterocycles. The van der Waals surface area contributed by atoms with E-state index in [2.05, 4.69) is 10.6 Å². The molecule has 1 unspecified atom stereocenters. The summed E-state index contributed by atoms with van der Waals surface area (Å²) in [5.41, 5.74) is 7.91. The van der Waals surface area contributed by atoms with E-state index in [4.69, 9.17) is 5.73 Å². The molecule has 7 nitrogen and oxygen atoms in total. The minimum Gasteiger partial charge on any atom is -0.327 e. The van der Waals surface area contributed by atoms with Gasteiger partial charge in [-0.15, -0.1) is 0 Å². The van der Waals surface area contributed by atoms with Gasteiger partial charge in [-0.1, -0.05) is 30.4 Å². The normalized spacial score (nSPS) is 20.3. The molecule has 1 aromatic carbocycles. The molecule has 1 aromatic rings. The zero-order chi connectivity index (χ0) is 17.8. The Bertz CT molecular complexity index is 729. The van der Waals surface area contributed by atoms with Gasteiger partial charge in [-0.25, -0.2) is 0 Å². The number of hydrogen-bond donors (Lipinski definition) is 3. The van der Waals surface area contributed by atoms with E-state index in [-0.39, 0.29) is 24.1 Å². The topological polar surface area (TPSA) is 105 Å². The Balaban J connectivity index is 1.73. The molecule has 2 aliphatic rings. The molecule has 0 spiro atoms. The van der Waals surface area contributed by atoms with Gasteiger partial charge in [0.25, 0.3) is 5.91 Å². The number of nitrogens with zero attached hydrogens (tertiary/aromatic N) is 1. The number of hydrogen-bond acceptors (Lipinski definition) is 5. The van der Waals surface area contributed by atoms with Crippen LogP contribution in [-0.4, -0.2) is 41.8 Å². The third-order valence-electron chi connectivity index (χ3n) is 4.52. The van der Waals surface area contributed by atoms with Crippen molar-refractivity contribution >= 4 is 17.7 Å². The van der Waals surface area contributed by atoms with Gasteiger partial charge in [-0.3, -0.25) is 19.7 Å². The number of carbonyl (C=O) groups excluding carboxylic acids is 3. The maximum atomic E-state index is 12.9. The molecule has 25 heavy (non-hydrogen) atoms. The van der Waals surface area contributed by atoms with E-state index in [1.165, 1.54) is 0 Å². The van der Waals surface area contributed by atoms with Crippen molar-refractivity contribution < 1.29 is 14.4 Å². The highest BCUT2D eigenvalue weighted by Crippen LogP contribution is 2.29. The van der Waals surface area contributed by atoms with E-state index < -0.39 is 6.04 Å². The van der Waals surface area contributed by atoms with Crippen LogP contribution in [-0.2, 0) is 22.7 Å². The molecule has 0 radical (unpaired) electrons. The lowest BCUT2D eigenvalue weighted by Gasteiger charge is -2.29. The Morgan fingerprint density at radius 2 is 2.12 bits per heavy atom. The van der Waals surface area contributed by atoms with Gasteiger partial charge in [0, 0.05) is 38.2 Å². The lowest BCUT2D eigenvalue weighted by Crippen LogP contribution is -2.52. The third-order valence-corrected chi connectivity index (χ3v) is 4.52. The monoisotopic (exact) mass is 342 g/mol. The van der Waals surface area contributed by atoms with Gasteiger partial charge in [-0.2, -0.15) is 0 Å². The average Bonchev–Trinajstić information content (AvgIpc) is 2.92. The van der Waals surface area contributed by atoms with Crippen molar-refractivity contribution in [3.63, 3.8) is 0 Å². The van der Waals surface area contributed by atoms with Crippen molar-refractivity contribution in [3.05, 3.63) is 47.0 Å². The minimum absolute atomic E-state index is 0.139. The maximum Gasteiger partial charge on any atom is 0.255 e. The van der Waals surface area contributed by atoms with Crippen LogP contribution in [0.25, 0.3) is 0 Å².